The normalized spacial score (nSPS) is 31.2. The molecule has 1 aromatic rings. The van der Waals surface area contributed by atoms with Crippen LogP contribution in [0.1, 0.15) is 31.2 Å². The summed E-state index contributed by atoms with van der Waals surface area (Å²) in [5, 5.41) is 9.68. The second kappa shape index (κ2) is 7.26. The fourth-order valence-corrected chi connectivity index (χ4v) is 5.18. The third kappa shape index (κ3) is 3.29. The van der Waals surface area contributed by atoms with Gasteiger partial charge in [0.1, 0.15) is 0 Å². The van der Waals surface area contributed by atoms with E-state index in [2.05, 4.69) is 30.3 Å². The van der Waals surface area contributed by atoms with E-state index in [1.165, 1.54) is 5.56 Å². The van der Waals surface area contributed by atoms with Crippen LogP contribution < -0.4 is 0 Å². The van der Waals surface area contributed by atoms with Gasteiger partial charge in [0.25, 0.3) is 0 Å². The van der Waals surface area contributed by atoms with Gasteiger partial charge < -0.3 is 10.0 Å². The van der Waals surface area contributed by atoms with Gasteiger partial charge in [-0.25, -0.2) is 0 Å². The topological polar surface area (TPSA) is 57.6 Å². The van der Waals surface area contributed by atoms with Gasteiger partial charge in [-0.3, -0.25) is 9.59 Å². The number of rotatable bonds is 4. The summed E-state index contributed by atoms with van der Waals surface area (Å²) in [7, 11) is 0. The first-order valence-corrected chi connectivity index (χ1v) is 9.87. The van der Waals surface area contributed by atoms with E-state index in [1.54, 1.807) is 0 Å². The lowest BCUT2D eigenvalue weighted by Gasteiger charge is -2.44. The van der Waals surface area contributed by atoms with Crippen LogP contribution in [0.5, 0.6) is 0 Å². The maximum absolute atomic E-state index is 13.2. The zero-order valence-electron chi connectivity index (χ0n) is 15.1. The van der Waals surface area contributed by atoms with E-state index in [9.17, 15) is 14.7 Å². The molecule has 1 aliphatic heterocycles. The zero-order valence-corrected chi connectivity index (χ0v) is 15.1. The molecule has 4 nitrogen and oxygen atoms in total. The maximum atomic E-state index is 13.2. The number of allylic oxidation sites excluding steroid dienone is 2. The van der Waals surface area contributed by atoms with Crippen molar-refractivity contribution in [3.63, 3.8) is 0 Å². The largest absolute Gasteiger partial charge is 0.481 e. The first-order valence-electron chi connectivity index (χ1n) is 9.87. The smallest absolute Gasteiger partial charge is 0.307 e. The molecule has 4 atom stereocenters. The van der Waals surface area contributed by atoms with Crippen molar-refractivity contribution in [2.75, 3.05) is 13.1 Å². The number of carbonyl (C=O) groups is 2. The number of piperidine rings is 1. The molecule has 26 heavy (non-hydrogen) atoms. The van der Waals surface area contributed by atoms with Crippen molar-refractivity contribution in [3.05, 3.63) is 48.0 Å². The summed E-state index contributed by atoms with van der Waals surface area (Å²) >= 11 is 0. The van der Waals surface area contributed by atoms with Crippen molar-refractivity contribution in [1.29, 1.82) is 0 Å². The Morgan fingerprint density at radius 2 is 1.54 bits per heavy atom. The number of aliphatic carboxylic acids is 1. The second-order valence-corrected chi connectivity index (χ2v) is 8.14. The molecular weight excluding hydrogens is 326 g/mol. The molecule has 1 aromatic carbocycles. The molecule has 0 aromatic heterocycles. The summed E-state index contributed by atoms with van der Waals surface area (Å²) in [4.78, 5) is 26.9. The van der Waals surface area contributed by atoms with Crippen LogP contribution in [0.3, 0.4) is 0 Å². The fourth-order valence-electron chi connectivity index (χ4n) is 5.18. The lowest BCUT2D eigenvalue weighted by molar-refractivity contribution is -0.157. The van der Waals surface area contributed by atoms with Crippen molar-refractivity contribution in [2.45, 2.75) is 32.1 Å². The summed E-state index contributed by atoms with van der Waals surface area (Å²) in [6.07, 6.45) is 9.07. The molecule has 4 heteroatoms. The van der Waals surface area contributed by atoms with Crippen LogP contribution in [0.15, 0.2) is 42.5 Å². The van der Waals surface area contributed by atoms with Crippen LogP contribution in [-0.2, 0) is 16.0 Å². The highest BCUT2D eigenvalue weighted by atomic mass is 16.4. The SMILES string of the molecule is O=C(O)[C@H]1[C@@H](C(=O)N2CCC(Cc3ccccc3)CC2)[C@H]2C=C[C@@H]1CC2. The van der Waals surface area contributed by atoms with Crippen LogP contribution in [0.4, 0.5) is 0 Å². The van der Waals surface area contributed by atoms with Gasteiger partial charge in [0.05, 0.1) is 11.8 Å². The molecular formula is C22H27NO3. The van der Waals surface area contributed by atoms with Crippen molar-refractivity contribution in [1.82, 2.24) is 4.90 Å². The van der Waals surface area contributed by atoms with E-state index >= 15 is 0 Å². The Labute approximate surface area is 154 Å². The fraction of sp³-hybridized carbons (Fsp3) is 0.545. The van der Waals surface area contributed by atoms with Crippen LogP contribution >= 0.6 is 0 Å². The summed E-state index contributed by atoms with van der Waals surface area (Å²) in [5.74, 6) is -0.872. The van der Waals surface area contributed by atoms with Gasteiger partial charge in [-0.05, 0) is 55.4 Å². The van der Waals surface area contributed by atoms with Gasteiger partial charge in [-0.1, -0.05) is 42.5 Å². The van der Waals surface area contributed by atoms with E-state index in [4.69, 9.17) is 0 Å². The molecule has 138 valence electrons. The molecule has 1 N–H and O–H groups in total. The van der Waals surface area contributed by atoms with Crippen LogP contribution in [0.25, 0.3) is 0 Å². The lowest BCUT2D eigenvalue weighted by Crippen LogP contribution is -2.51. The molecule has 0 spiro atoms. The standard InChI is InChI=1S/C22H27NO3/c24-21(19-17-6-8-18(9-7-17)20(19)22(25)26)23-12-10-16(11-13-23)14-15-4-2-1-3-5-15/h1-6,8,16-20H,7,9-14H2,(H,25,26)/t17-,18+,19-,20+/m0/s1. The summed E-state index contributed by atoms with van der Waals surface area (Å²) < 4.78 is 0. The highest BCUT2D eigenvalue weighted by Crippen LogP contribution is 2.46. The summed E-state index contributed by atoms with van der Waals surface area (Å²) in [5.41, 5.74) is 1.36. The Hall–Kier alpha value is -2.10. The van der Waals surface area contributed by atoms with Crippen molar-refractivity contribution >= 4 is 11.9 Å². The van der Waals surface area contributed by atoms with E-state index in [0.717, 1.165) is 45.2 Å². The average molecular weight is 353 g/mol. The predicted octanol–water partition coefficient (Wildman–Crippen LogP) is 3.38. The Kier molecular flexibility index (Phi) is 4.84. The number of carbonyl (C=O) groups excluding carboxylic acids is 1. The average Bonchev–Trinajstić information content (AvgIpc) is 2.69. The molecule has 4 aliphatic rings. The third-order valence-electron chi connectivity index (χ3n) is 6.61. The summed E-state index contributed by atoms with van der Waals surface area (Å²) in [6, 6.07) is 10.5. The first-order chi connectivity index (χ1) is 12.6. The van der Waals surface area contributed by atoms with Gasteiger partial charge in [-0.2, -0.15) is 0 Å². The molecule has 1 saturated heterocycles. The highest BCUT2D eigenvalue weighted by Gasteiger charge is 2.49. The third-order valence-corrected chi connectivity index (χ3v) is 6.61. The molecule has 5 rings (SSSR count). The first kappa shape index (κ1) is 17.3. The molecule has 2 fully saturated rings. The molecule has 3 aliphatic carbocycles. The number of hydrogen-bond donors (Lipinski definition) is 1. The molecule has 0 unspecified atom stereocenters. The zero-order chi connectivity index (χ0) is 18.1. The monoisotopic (exact) mass is 353 g/mol. The van der Waals surface area contributed by atoms with E-state index in [-0.39, 0.29) is 23.7 Å². The van der Waals surface area contributed by atoms with Gasteiger partial charge in [0.2, 0.25) is 5.91 Å². The summed E-state index contributed by atoms with van der Waals surface area (Å²) in [6.45, 7) is 1.53. The Bertz CT molecular complexity index is 691. The van der Waals surface area contributed by atoms with Crippen LogP contribution in [0.2, 0.25) is 0 Å². The Balaban J connectivity index is 1.39. The Morgan fingerprint density at radius 3 is 2.12 bits per heavy atom. The van der Waals surface area contributed by atoms with Gasteiger partial charge in [0.15, 0.2) is 0 Å². The molecule has 1 heterocycles. The minimum Gasteiger partial charge on any atom is -0.481 e. The van der Waals surface area contributed by atoms with E-state index in [1.807, 2.05) is 17.0 Å². The van der Waals surface area contributed by atoms with E-state index < -0.39 is 11.9 Å². The predicted molar refractivity (Wildman–Crippen MR) is 99.4 cm³/mol. The second-order valence-electron chi connectivity index (χ2n) is 8.14. The molecule has 2 bridgehead atoms. The number of carboxylic acids is 1. The number of benzene rings is 1. The quantitative estimate of drug-likeness (QED) is 0.844. The number of likely N-dealkylation sites (tertiary alicyclic amines) is 1. The number of hydrogen-bond acceptors (Lipinski definition) is 2. The minimum atomic E-state index is -0.804. The minimum absolute atomic E-state index is 0.0297. The van der Waals surface area contributed by atoms with Crippen molar-refractivity contribution in [3.8, 4) is 0 Å². The number of amides is 1. The van der Waals surface area contributed by atoms with Crippen molar-refractivity contribution in [2.24, 2.45) is 29.6 Å². The van der Waals surface area contributed by atoms with Crippen LogP contribution in [-0.4, -0.2) is 35.0 Å². The van der Waals surface area contributed by atoms with Crippen molar-refractivity contribution < 1.29 is 14.7 Å². The molecule has 1 saturated carbocycles. The molecule has 1 amide bonds. The number of nitrogens with zero attached hydrogens (tertiary/aromatic N) is 1. The number of fused-ring (bicyclic) bond motifs is 2. The highest BCUT2D eigenvalue weighted by molar-refractivity contribution is 5.86. The molecule has 0 radical (unpaired) electrons. The Morgan fingerprint density at radius 1 is 0.923 bits per heavy atom. The van der Waals surface area contributed by atoms with Gasteiger partial charge in [0, 0.05) is 13.1 Å². The lowest BCUT2D eigenvalue weighted by atomic mass is 9.61. The van der Waals surface area contributed by atoms with E-state index in [0.29, 0.717) is 5.92 Å². The van der Waals surface area contributed by atoms with Gasteiger partial charge >= 0.3 is 5.97 Å². The maximum Gasteiger partial charge on any atom is 0.307 e. The van der Waals surface area contributed by atoms with Crippen LogP contribution in [0, 0.1) is 29.6 Å². The number of carboxylic acid groups (broad SMARTS) is 1. The van der Waals surface area contributed by atoms with Gasteiger partial charge in [-0.15, -0.1) is 0 Å².